The van der Waals surface area contributed by atoms with Gasteiger partial charge in [0.05, 0.1) is 27.2 Å². The van der Waals surface area contributed by atoms with Gasteiger partial charge in [0.2, 0.25) is 0 Å². The van der Waals surface area contributed by atoms with E-state index in [1.54, 1.807) is 14.0 Å². The van der Waals surface area contributed by atoms with Gasteiger partial charge in [-0.1, -0.05) is 0 Å². The van der Waals surface area contributed by atoms with E-state index in [4.69, 9.17) is 4.74 Å². The van der Waals surface area contributed by atoms with Crippen molar-refractivity contribution in [2.75, 3.05) is 21.2 Å². The molecule has 110 valence electrons. The lowest BCUT2D eigenvalue weighted by molar-refractivity contribution is -0.927. The van der Waals surface area contributed by atoms with Crippen LogP contribution in [0.4, 0.5) is 0 Å². The number of methoxy groups -OCH3 is 1. The Morgan fingerprint density at radius 1 is 1.30 bits per heavy atom. The van der Waals surface area contributed by atoms with Gasteiger partial charge in [-0.25, -0.2) is 0 Å². The third kappa shape index (κ3) is 3.21. The van der Waals surface area contributed by atoms with Gasteiger partial charge in [-0.05, 0) is 50.8 Å². The van der Waals surface area contributed by atoms with Crippen LogP contribution in [0.5, 0.6) is 5.75 Å². The first-order chi connectivity index (χ1) is 9.44. The molecule has 0 heterocycles. The SMILES string of the molecule is COc1ccc(C(C)=O)cc1C[N+](C)(C)C1CCCC1. The van der Waals surface area contributed by atoms with Crippen molar-refractivity contribution >= 4 is 5.78 Å². The topological polar surface area (TPSA) is 26.3 Å². The summed E-state index contributed by atoms with van der Waals surface area (Å²) in [4.78, 5) is 11.6. The molecule has 3 nitrogen and oxygen atoms in total. The number of ether oxygens (including phenoxy) is 1. The molecule has 0 saturated heterocycles. The first kappa shape index (κ1) is 15.0. The Kier molecular flexibility index (Phi) is 4.48. The van der Waals surface area contributed by atoms with Gasteiger partial charge in [0.25, 0.3) is 0 Å². The molecule has 3 heteroatoms. The second-order valence-electron chi connectivity index (χ2n) is 6.46. The second-order valence-corrected chi connectivity index (χ2v) is 6.46. The summed E-state index contributed by atoms with van der Waals surface area (Å²) in [5.41, 5.74) is 1.91. The van der Waals surface area contributed by atoms with Crippen LogP contribution >= 0.6 is 0 Å². The minimum Gasteiger partial charge on any atom is -0.496 e. The van der Waals surface area contributed by atoms with E-state index in [9.17, 15) is 4.79 Å². The Hall–Kier alpha value is -1.35. The van der Waals surface area contributed by atoms with Gasteiger partial charge in [-0.3, -0.25) is 4.79 Å². The summed E-state index contributed by atoms with van der Waals surface area (Å²) in [5, 5.41) is 0. The monoisotopic (exact) mass is 276 g/mol. The molecular weight excluding hydrogens is 250 g/mol. The summed E-state index contributed by atoms with van der Waals surface area (Å²) < 4.78 is 6.44. The summed E-state index contributed by atoms with van der Waals surface area (Å²) in [7, 11) is 6.27. The van der Waals surface area contributed by atoms with Gasteiger partial charge in [-0.15, -0.1) is 0 Å². The maximum atomic E-state index is 11.6. The normalized spacial score (nSPS) is 16.4. The van der Waals surface area contributed by atoms with Crippen LogP contribution in [-0.4, -0.2) is 37.5 Å². The lowest BCUT2D eigenvalue weighted by atomic mass is 10.0. The van der Waals surface area contributed by atoms with Crippen LogP contribution in [0.3, 0.4) is 0 Å². The standard InChI is InChI=1S/C17H26NO2/c1-13(19)14-9-10-17(20-4)15(11-14)12-18(2,3)16-7-5-6-8-16/h9-11,16H,5-8,12H2,1-4H3/q+1. The molecule has 1 saturated carbocycles. The van der Waals surface area contributed by atoms with E-state index in [0.29, 0.717) is 0 Å². The van der Waals surface area contributed by atoms with Crippen molar-refractivity contribution in [1.29, 1.82) is 0 Å². The summed E-state index contributed by atoms with van der Waals surface area (Å²) in [5.74, 6) is 0.999. The number of nitrogens with zero attached hydrogens (tertiary/aromatic N) is 1. The number of Topliss-reactive ketones (excluding diaryl/α,β-unsaturated/α-hetero) is 1. The van der Waals surface area contributed by atoms with Crippen molar-refractivity contribution < 1.29 is 14.0 Å². The number of hydrogen-bond acceptors (Lipinski definition) is 2. The Morgan fingerprint density at radius 2 is 1.95 bits per heavy atom. The van der Waals surface area contributed by atoms with Crippen molar-refractivity contribution in [3.05, 3.63) is 29.3 Å². The predicted molar refractivity (Wildman–Crippen MR) is 81.1 cm³/mol. The van der Waals surface area contributed by atoms with Crippen LogP contribution < -0.4 is 4.74 Å². The highest BCUT2D eigenvalue weighted by Crippen LogP contribution is 2.31. The number of quaternary nitrogens is 1. The van der Waals surface area contributed by atoms with Gasteiger partial charge in [0.15, 0.2) is 5.78 Å². The molecule has 1 aromatic carbocycles. The number of carbonyl (C=O) groups excluding carboxylic acids is 1. The van der Waals surface area contributed by atoms with Gasteiger partial charge >= 0.3 is 0 Å². The highest BCUT2D eigenvalue weighted by Gasteiger charge is 2.32. The zero-order chi connectivity index (χ0) is 14.8. The van der Waals surface area contributed by atoms with Gasteiger partial charge in [0.1, 0.15) is 12.3 Å². The first-order valence-corrected chi connectivity index (χ1v) is 7.44. The molecule has 0 atom stereocenters. The number of hydrogen-bond donors (Lipinski definition) is 0. The number of benzene rings is 1. The molecule has 0 bridgehead atoms. The molecule has 0 spiro atoms. The maximum Gasteiger partial charge on any atom is 0.159 e. The third-order valence-electron chi connectivity index (χ3n) is 4.58. The van der Waals surface area contributed by atoms with Crippen LogP contribution in [0.2, 0.25) is 0 Å². The highest BCUT2D eigenvalue weighted by atomic mass is 16.5. The van der Waals surface area contributed by atoms with Crippen LogP contribution in [0, 0.1) is 0 Å². The fraction of sp³-hybridized carbons (Fsp3) is 0.588. The Bertz CT molecular complexity index is 488. The molecule has 20 heavy (non-hydrogen) atoms. The third-order valence-corrected chi connectivity index (χ3v) is 4.58. The molecule has 0 unspecified atom stereocenters. The van der Waals surface area contributed by atoms with Crippen LogP contribution in [-0.2, 0) is 6.54 Å². The van der Waals surface area contributed by atoms with E-state index >= 15 is 0 Å². The van der Waals surface area contributed by atoms with Crippen LogP contribution in [0.1, 0.15) is 48.5 Å². The zero-order valence-electron chi connectivity index (χ0n) is 13.1. The molecule has 0 N–H and O–H groups in total. The smallest absolute Gasteiger partial charge is 0.159 e. The second kappa shape index (κ2) is 5.96. The van der Waals surface area contributed by atoms with Crippen molar-refractivity contribution in [2.45, 2.75) is 45.2 Å². The minimum atomic E-state index is 0.111. The van der Waals surface area contributed by atoms with Crippen LogP contribution in [0.25, 0.3) is 0 Å². The minimum absolute atomic E-state index is 0.111. The highest BCUT2D eigenvalue weighted by molar-refractivity contribution is 5.94. The van der Waals surface area contributed by atoms with Crippen molar-refractivity contribution in [1.82, 2.24) is 0 Å². The van der Waals surface area contributed by atoms with Crippen molar-refractivity contribution in [2.24, 2.45) is 0 Å². The summed E-state index contributed by atoms with van der Waals surface area (Å²) in [6.07, 6.45) is 5.30. The molecule has 0 aliphatic heterocycles. The quantitative estimate of drug-likeness (QED) is 0.608. The molecule has 1 aromatic rings. The lowest BCUT2D eigenvalue weighted by Gasteiger charge is -2.36. The van der Waals surface area contributed by atoms with E-state index < -0.39 is 0 Å². The molecule has 1 fully saturated rings. The summed E-state index contributed by atoms with van der Waals surface area (Å²) in [6, 6.07) is 6.48. The zero-order valence-corrected chi connectivity index (χ0v) is 13.1. The van der Waals surface area contributed by atoms with E-state index in [1.165, 1.54) is 25.7 Å². The van der Waals surface area contributed by atoms with E-state index in [1.807, 2.05) is 18.2 Å². The Balaban J connectivity index is 2.26. The van der Waals surface area contributed by atoms with Crippen molar-refractivity contribution in [3.8, 4) is 5.75 Å². The average Bonchev–Trinajstić information content (AvgIpc) is 2.92. The van der Waals surface area contributed by atoms with E-state index in [0.717, 1.165) is 33.9 Å². The van der Waals surface area contributed by atoms with E-state index in [2.05, 4.69) is 14.1 Å². The van der Waals surface area contributed by atoms with Gasteiger partial charge in [-0.2, -0.15) is 0 Å². The summed E-state index contributed by atoms with van der Waals surface area (Å²) in [6.45, 7) is 2.53. The molecule has 1 aliphatic carbocycles. The molecule has 0 amide bonds. The average molecular weight is 276 g/mol. The Morgan fingerprint density at radius 3 is 2.50 bits per heavy atom. The van der Waals surface area contributed by atoms with Crippen molar-refractivity contribution in [3.63, 3.8) is 0 Å². The molecular formula is C17H26NO2+. The Labute approximate surface area is 122 Å². The van der Waals surface area contributed by atoms with Gasteiger partial charge in [0, 0.05) is 11.1 Å². The number of rotatable bonds is 5. The number of ketones is 1. The largest absolute Gasteiger partial charge is 0.496 e. The number of carbonyl (C=O) groups is 1. The van der Waals surface area contributed by atoms with Gasteiger partial charge < -0.3 is 9.22 Å². The fourth-order valence-electron chi connectivity index (χ4n) is 3.29. The van der Waals surface area contributed by atoms with E-state index in [-0.39, 0.29) is 5.78 Å². The molecule has 1 aliphatic rings. The molecule has 0 radical (unpaired) electrons. The van der Waals surface area contributed by atoms with Crippen LogP contribution in [0.15, 0.2) is 18.2 Å². The first-order valence-electron chi connectivity index (χ1n) is 7.44. The summed E-state index contributed by atoms with van der Waals surface area (Å²) >= 11 is 0. The fourth-order valence-corrected chi connectivity index (χ4v) is 3.29. The molecule has 2 rings (SSSR count). The predicted octanol–water partition coefficient (Wildman–Crippen LogP) is 3.42. The maximum absolute atomic E-state index is 11.6. The molecule has 0 aromatic heterocycles. The lowest BCUT2D eigenvalue weighted by Crippen LogP contribution is -2.46.